The van der Waals surface area contributed by atoms with Crippen molar-refractivity contribution in [3.05, 3.63) is 28.0 Å². The van der Waals surface area contributed by atoms with Crippen molar-refractivity contribution in [2.45, 2.75) is 12.8 Å². The third kappa shape index (κ3) is 3.77. The topological polar surface area (TPSA) is 42.0 Å². The van der Waals surface area contributed by atoms with Crippen molar-refractivity contribution in [1.29, 1.82) is 0 Å². The number of hydrogen-bond donors (Lipinski definition) is 1. The molecule has 0 unspecified atom stereocenters. The summed E-state index contributed by atoms with van der Waals surface area (Å²) in [5, 5.41) is 3.45. The first-order valence-corrected chi connectivity index (χ1v) is 7.75. The molecule has 1 aliphatic heterocycles. The van der Waals surface area contributed by atoms with E-state index in [-0.39, 0.29) is 11.1 Å². The zero-order valence-corrected chi connectivity index (χ0v) is 12.1. The molecule has 98 valence electrons. The zero-order valence-electron chi connectivity index (χ0n) is 9.79. The molecule has 1 aromatic heterocycles. The van der Waals surface area contributed by atoms with Gasteiger partial charge < -0.3 is 5.32 Å². The molecular weight excluding hydrogens is 291 g/mol. The van der Waals surface area contributed by atoms with Crippen LogP contribution in [0.15, 0.2) is 12.3 Å². The van der Waals surface area contributed by atoms with Crippen molar-refractivity contribution in [1.82, 2.24) is 10.3 Å². The second-order valence-electron chi connectivity index (χ2n) is 4.26. The number of carbonyl (C=O) groups is 1. The van der Waals surface area contributed by atoms with Crippen LogP contribution in [0.3, 0.4) is 0 Å². The number of aromatic nitrogens is 1. The van der Waals surface area contributed by atoms with Gasteiger partial charge in [-0.15, -0.1) is 0 Å². The second kappa shape index (κ2) is 6.64. The molecule has 3 nitrogen and oxygen atoms in total. The summed E-state index contributed by atoms with van der Waals surface area (Å²) in [6.45, 7) is 0.722. The highest BCUT2D eigenvalue weighted by Crippen LogP contribution is 2.22. The minimum atomic E-state index is -0.140. The SMILES string of the molecule is O=C(NCC1CCSCC1)c1cnc(Cl)c(Cl)c1. The number of nitrogens with one attached hydrogen (secondary N) is 1. The highest BCUT2D eigenvalue weighted by atomic mass is 35.5. The molecule has 1 fully saturated rings. The van der Waals surface area contributed by atoms with Crippen molar-refractivity contribution in [3.63, 3.8) is 0 Å². The van der Waals surface area contributed by atoms with Gasteiger partial charge in [-0.25, -0.2) is 4.98 Å². The molecule has 2 heterocycles. The Morgan fingerprint density at radius 3 is 2.83 bits per heavy atom. The molecule has 0 atom stereocenters. The molecule has 0 aliphatic carbocycles. The smallest absolute Gasteiger partial charge is 0.252 e. The fraction of sp³-hybridized carbons (Fsp3) is 0.500. The van der Waals surface area contributed by atoms with Crippen LogP contribution < -0.4 is 5.32 Å². The van der Waals surface area contributed by atoms with Crippen molar-refractivity contribution in [2.24, 2.45) is 5.92 Å². The molecule has 0 saturated carbocycles. The lowest BCUT2D eigenvalue weighted by atomic mass is 10.0. The number of halogens is 2. The fourth-order valence-electron chi connectivity index (χ4n) is 1.84. The van der Waals surface area contributed by atoms with E-state index in [0.29, 0.717) is 16.5 Å². The van der Waals surface area contributed by atoms with Gasteiger partial charge in [0.25, 0.3) is 5.91 Å². The molecule has 0 aromatic carbocycles. The molecule has 2 rings (SSSR count). The summed E-state index contributed by atoms with van der Waals surface area (Å²) in [4.78, 5) is 15.8. The summed E-state index contributed by atoms with van der Waals surface area (Å²) < 4.78 is 0. The maximum absolute atomic E-state index is 11.9. The van der Waals surface area contributed by atoms with Crippen LogP contribution in [0.25, 0.3) is 0 Å². The average Bonchev–Trinajstić information content (AvgIpc) is 2.40. The van der Waals surface area contributed by atoms with E-state index in [1.54, 1.807) is 6.07 Å². The molecule has 0 bridgehead atoms. The Bertz CT molecular complexity index is 436. The van der Waals surface area contributed by atoms with E-state index in [4.69, 9.17) is 23.2 Å². The van der Waals surface area contributed by atoms with Gasteiger partial charge in [-0.05, 0) is 36.3 Å². The van der Waals surface area contributed by atoms with Crippen LogP contribution >= 0.6 is 35.0 Å². The lowest BCUT2D eigenvalue weighted by Gasteiger charge is -2.21. The number of rotatable bonds is 3. The second-order valence-corrected chi connectivity index (χ2v) is 6.25. The van der Waals surface area contributed by atoms with Gasteiger partial charge >= 0.3 is 0 Å². The Morgan fingerprint density at radius 1 is 1.44 bits per heavy atom. The Balaban J connectivity index is 1.88. The third-order valence-electron chi connectivity index (χ3n) is 2.95. The predicted molar refractivity (Wildman–Crippen MR) is 76.6 cm³/mol. The average molecular weight is 305 g/mol. The molecule has 1 N–H and O–H groups in total. The summed E-state index contributed by atoms with van der Waals surface area (Å²) in [5.41, 5.74) is 0.453. The van der Waals surface area contributed by atoms with Crippen LogP contribution in [0.5, 0.6) is 0 Å². The number of pyridine rings is 1. The number of amides is 1. The molecule has 18 heavy (non-hydrogen) atoms. The van der Waals surface area contributed by atoms with Crippen molar-refractivity contribution in [3.8, 4) is 0 Å². The molecule has 6 heteroatoms. The summed E-state index contributed by atoms with van der Waals surface area (Å²) >= 11 is 13.5. The molecule has 0 radical (unpaired) electrons. The number of carbonyl (C=O) groups excluding carboxylic acids is 1. The van der Waals surface area contributed by atoms with Crippen molar-refractivity contribution >= 4 is 40.9 Å². The van der Waals surface area contributed by atoms with Crippen LogP contribution in [-0.4, -0.2) is 28.9 Å². The van der Waals surface area contributed by atoms with E-state index >= 15 is 0 Å². The van der Waals surface area contributed by atoms with Crippen LogP contribution in [0, 0.1) is 5.92 Å². The number of nitrogens with zero attached hydrogens (tertiary/aromatic N) is 1. The van der Waals surface area contributed by atoms with Gasteiger partial charge in [-0.3, -0.25) is 4.79 Å². The van der Waals surface area contributed by atoms with Gasteiger partial charge in [-0.1, -0.05) is 23.2 Å². The van der Waals surface area contributed by atoms with Gasteiger partial charge in [0.15, 0.2) is 0 Å². The van der Waals surface area contributed by atoms with Crippen LogP contribution in [0.2, 0.25) is 10.2 Å². The maximum atomic E-state index is 11.9. The van der Waals surface area contributed by atoms with Crippen molar-refractivity contribution in [2.75, 3.05) is 18.1 Å². The Labute approximate surface area is 121 Å². The van der Waals surface area contributed by atoms with Gasteiger partial charge in [0, 0.05) is 12.7 Å². The fourth-order valence-corrected chi connectivity index (χ4v) is 3.31. The highest BCUT2D eigenvalue weighted by molar-refractivity contribution is 7.99. The minimum Gasteiger partial charge on any atom is -0.352 e. The zero-order chi connectivity index (χ0) is 13.0. The number of hydrogen-bond acceptors (Lipinski definition) is 3. The van der Waals surface area contributed by atoms with Crippen LogP contribution in [0.4, 0.5) is 0 Å². The van der Waals surface area contributed by atoms with Gasteiger partial charge in [0.1, 0.15) is 5.15 Å². The van der Waals surface area contributed by atoms with Crippen LogP contribution in [0.1, 0.15) is 23.2 Å². The standard InChI is InChI=1S/C12H14Cl2N2OS/c13-10-5-9(7-15-11(10)14)12(17)16-6-8-1-3-18-4-2-8/h5,7-8H,1-4,6H2,(H,16,17). The van der Waals surface area contributed by atoms with E-state index in [2.05, 4.69) is 10.3 Å². The van der Waals surface area contributed by atoms with E-state index < -0.39 is 0 Å². The first kappa shape index (κ1) is 14.0. The Kier molecular flexibility index (Phi) is 5.15. The van der Waals surface area contributed by atoms with E-state index in [9.17, 15) is 4.79 Å². The van der Waals surface area contributed by atoms with E-state index in [1.165, 1.54) is 30.5 Å². The largest absolute Gasteiger partial charge is 0.352 e. The molecule has 1 aromatic rings. The lowest BCUT2D eigenvalue weighted by Crippen LogP contribution is -2.31. The first-order valence-electron chi connectivity index (χ1n) is 5.84. The summed E-state index contributed by atoms with van der Waals surface area (Å²) in [5.74, 6) is 2.83. The van der Waals surface area contributed by atoms with Gasteiger partial charge in [0.05, 0.1) is 10.6 Å². The van der Waals surface area contributed by atoms with E-state index in [0.717, 1.165) is 6.54 Å². The Morgan fingerprint density at radius 2 is 2.17 bits per heavy atom. The maximum Gasteiger partial charge on any atom is 0.252 e. The summed E-state index contributed by atoms with van der Waals surface area (Å²) in [6.07, 6.45) is 3.79. The Hall–Kier alpha value is -0.450. The molecule has 1 aliphatic rings. The summed E-state index contributed by atoms with van der Waals surface area (Å²) in [7, 11) is 0. The highest BCUT2D eigenvalue weighted by Gasteiger charge is 2.15. The molecule has 1 saturated heterocycles. The number of thioether (sulfide) groups is 1. The van der Waals surface area contributed by atoms with E-state index in [1.807, 2.05) is 11.8 Å². The molecular formula is C12H14Cl2N2OS. The van der Waals surface area contributed by atoms with Crippen molar-refractivity contribution < 1.29 is 4.79 Å². The van der Waals surface area contributed by atoms with Crippen LogP contribution in [-0.2, 0) is 0 Å². The first-order chi connectivity index (χ1) is 8.66. The minimum absolute atomic E-state index is 0.140. The lowest BCUT2D eigenvalue weighted by molar-refractivity contribution is 0.0946. The third-order valence-corrected chi connectivity index (χ3v) is 4.69. The molecule has 1 amide bonds. The summed E-state index contributed by atoms with van der Waals surface area (Å²) in [6, 6.07) is 1.54. The monoisotopic (exact) mass is 304 g/mol. The normalized spacial score (nSPS) is 16.6. The molecule has 0 spiro atoms. The van der Waals surface area contributed by atoms with Gasteiger partial charge in [-0.2, -0.15) is 11.8 Å². The quantitative estimate of drug-likeness (QED) is 0.872. The van der Waals surface area contributed by atoms with Gasteiger partial charge in [0.2, 0.25) is 0 Å². The predicted octanol–water partition coefficient (Wildman–Crippen LogP) is 3.26.